The van der Waals surface area contributed by atoms with Crippen molar-refractivity contribution in [3.63, 3.8) is 0 Å². The molecule has 0 unspecified atom stereocenters. The Kier molecular flexibility index (Phi) is 7.61. The van der Waals surface area contributed by atoms with Gasteiger partial charge in [0.05, 0.1) is 27.4 Å². The van der Waals surface area contributed by atoms with Crippen LogP contribution in [-0.4, -0.2) is 41.2 Å². The molecule has 0 aliphatic carbocycles. The summed E-state index contributed by atoms with van der Waals surface area (Å²) in [7, 11) is 0. The Morgan fingerprint density at radius 3 is 2.26 bits per heavy atom. The van der Waals surface area contributed by atoms with Gasteiger partial charge in [0.15, 0.2) is 6.61 Å². The van der Waals surface area contributed by atoms with Crippen LogP contribution in [0, 0.1) is 0 Å². The number of benzene rings is 2. The topological polar surface area (TPSA) is 92.8 Å². The number of hydrogen-bond acceptors (Lipinski definition) is 5. The Labute approximate surface area is 197 Å². The Bertz CT molecular complexity index is 1100. The van der Waals surface area contributed by atoms with Crippen LogP contribution in [0.2, 0.25) is 5.02 Å². The fourth-order valence-corrected chi connectivity index (χ4v) is 3.62. The average molecular weight is 497 g/mol. The van der Waals surface area contributed by atoms with E-state index < -0.39 is 48.1 Å². The van der Waals surface area contributed by atoms with Crippen LogP contribution in [0.1, 0.15) is 52.5 Å². The molecule has 3 rings (SSSR count). The van der Waals surface area contributed by atoms with Gasteiger partial charge in [-0.15, -0.1) is 0 Å². The fourth-order valence-electron chi connectivity index (χ4n) is 3.46. The van der Waals surface area contributed by atoms with Crippen LogP contribution in [0.3, 0.4) is 0 Å². The third-order valence-electron chi connectivity index (χ3n) is 5.15. The van der Waals surface area contributed by atoms with Gasteiger partial charge in [-0.05, 0) is 36.8 Å². The van der Waals surface area contributed by atoms with Gasteiger partial charge in [-0.25, -0.2) is 4.79 Å². The van der Waals surface area contributed by atoms with Crippen LogP contribution in [0.15, 0.2) is 42.5 Å². The highest BCUT2D eigenvalue weighted by molar-refractivity contribution is 6.33. The van der Waals surface area contributed by atoms with Crippen molar-refractivity contribution in [3.8, 4) is 0 Å². The lowest BCUT2D eigenvalue weighted by Gasteiger charge is -2.24. The summed E-state index contributed by atoms with van der Waals surface area (Å²) in [6.45, 7) is 1.01. The molecule has 0 bridgehead atoms. The Hall–Kier alpha value is -3.40. The highest BCUT2D eigenvalue weighted by Gasteiger charge is 2.43. The first-order chi connectivity index (χ1) is 16.0. The van der Waals surface area contributed by atoms with Crippen molar-refractivity contribution >= 4 is 41.0 Å². The summed E-state index contributed by atoms with van der Waals surface area (Å²) in [6.07, 6.45) is -3.35. The Morgan fingerprint density at radius 1 is 1.09 bits per heavy atom. The highest BCUT2D eigenvalue weighted by Crippen LogP contribution is 2.34. The molecule has 1 heterocycles. The molecule has 1 N–H and O–H groups in total. The zero-order valence-electron chi connectivity index (χ0n) is 17.9. The van der Waals surface area contributed by atoms with Crippen LogP contribution in [0.5, 0.6) is 0 Å². The second-order valence-corrected chi connectivity index (χ2v) is 7.94. The molecule has 11 heteroatoms. The van der Waals surface area contributed by atoms with Crippen molar-refractivity contribution in [1.29, 1.82) is 0 Å². The molecule has 1 atom stereocenters. The number of nitrogens with one attached hydrogen (secondary N) is 1. The van der Waals surface area contributed by atoms with E-state index in [9.17, 15) is 32.3 Å². The first kappa shape index (κ1) is 25.2. The molecular weight excluding hydrogens is 477 g/mol. The van der Waals surface area contributed by atoms with Crippen molar-refractivity contribution < 1.29 is 37.1 Å². The monoisotopic (exact) mass is 496 g/mol. The SMILES string of the molecule is CCCC[C@@H](C(=O)OCC(=O)Nc1cc(C(F)(F)F)ccc1Cl)N1C(=O)c2ccccc2C1=O. The molecule has 3 amide bonds. The van der Waals surface area contributed by atoms with E-state index in [1.165, 1.54) is 12.1 Å². The largest absolute Gasteiger partial charge is 0.454 e. The lowest BCUT2D eigenvalue weighted by molar-refractivity contribution is -0.151. The lowest BCUT2D eigenvalue weighted by Crippen LogP contribution is -2.46. The molecule has 0 aromatic heterocycles. The van der Waals surface area contributed by atoms with E-state index in [1.807, 2.05) is 6.92 Å². The molecule has 0 saturated carbocycles. The van der Waals surface area contributed by atoms with Crippen LogP contribution in [-0.2, 0) is 20.5 Å². The minimum absolute atomic E-state index is 0.127. The summed E-state index contributed by atoms with van der Waals surface area (Å²) in [6, 6.07) is 7.29. The van der Waals surface area contributed by atoms with Gasteiger partial charge in [-0.2, -0.15) is 13.2 Å². The van der Waals surface area contributed by atoms with E-state index in [1.54, 1.807) is 12.1 Å². The molecule has 34 heavy (non-hydrogen) atoms. The van der Waals surface area contributed by atoms with Gasteiger partial charge in [0.1, 0.15) is 6.04 Å². The number of anilines is 1. The molecule has 1 aliphatic heterocycles. The number of rotatable bonds is 8. The normalized spacial score (nSPS) is 14.1. The Balaban J connectivity index is 1.70. The summed E-state index contributed by atoms with van der Waals surface area (Å²) in [5, 5.41) is 2.03. The van der Waals surface area contributed by atoms with Gasteiger partial charge in [0.25, 0.3) is 17.7 Å². The van der Waals surface area contributed by atoms with Crippen molar-refractivity contribution in [3.05, 3.63) is 64.2 Å². The van der Waals surface area contributed by atoms with Gasteiger partial charge in [-0.3, -0.25) is 19.3 Å². The molecule has 2 aromatic rings. The van der Waals surface area contributed by atoms with Crippen LogP contribution < -0.4 is 5.32 Å². The van der Waals surface area contributed by atoms with Gasteiger partial charge < -0.3 is 10.1 Å². The Morgan fingerprint density at radius 2 is 1.71 bits per heavy atom. The van der Waals surface area contributed by atoms with Crippen molar-refractivity contribution in [2.75, 3.05) is 11.9 Å². The van der Waals surface area contributed by atoms with Crippen LogP contribution in [0.4, 0.5) is 18.9 Å². The first-order valence-corrected chi connectivity index (χ1v) is 10.7. The number of halogens is 4. The maximum absolute atomic E-state index is 12.9. The summed E-state index contributed by atoms with van der Waals surface area (Å²) >= 11 is 5.85. The van der Waals surface area contributed by atoms with Crippen molar-refractivity contribution in [2.24, 2.45) is 0 Å². The van der Waals surface area contributed by atoms with E-state index in [2.05, 4.69) is 5.32 Å². The fraction of sp³-hybridized carbons (Fsp3) is 0.304. The number of amides is 3. The van der Waals surface area contributed by atoms with Crippen molar-refractivity contribution in [1.82, 2.24) is 4.90 Å². The van der Waals surface area contributed by atoms with E-state index in [0.717, 1.165) is 17.0 Å². The quantitative estimate of drug-likeness (QED) is 0.422. The second-order valence-electron chi connectivity index (χ2n) is 7.53. The maximum atomic E-state index is 12.9. The summed E-state index contributed by atoms with van der Waals surface area (Å²) in [5.74, 6) is -3.20. The molecule has 0 radical (unpaired) electrons. The summed E-state index contributed by atoms with van der Waals surface area (Å²) in [4.78, 5) is 51.3. The minimum Gasteiger partial charge on any atom is -0.454 e. The van der Waals surface area contributed by atoms with E-state index in [0.29, 0.717) is 18.9 Å². The number of ether oxygens (including phenoxy) is 1. The van der Waals surface area contributed by atoms with E-state index in [-0.39, 0.29) is 28.3 Å². The predicted octanol–water partition coefficient (Wildman–Crippen LogP) is 4.70. The zero-order valence-corrected chi connectivity index (χ0v) is 18.7. The molecule has 0 fully saturated rings. The van der Waals surface area contributed by atoms with Gasteiger partial charge in [0.2, 0.25) is 0 Å². The van der Waals surface area contributed by atoms with Crippen LogP contribution in [0.25, 0.3) is 0 Å². The number of carbonyl (C=O) groups excluding carboxylic acids is 4. The number of nitrogens with zero attached hydrogens (tertiary/aromatic N) is 1. The number of fused-ring (bicyclic) bond motifs is 1. The number of carbonyl (C=O) groups is 4. The summed E-state index contributed by atoms with van der Waals surface area (Å²) < 4.78 is 43.7. The third kappa shape index (κ3) is 5.39. The standard InChI is InChI=1S/C23H20ClF3N2O5/c1-2-3-8-18(29-20(31)14-6-4-5-7-15(14)21(29)32)22(33)34-12-19(30)28-17-11-13(23(25,26)27)9-10-16(17)24/h4-7,9-11,18H,2-3,8,12H2,1H3,(H,28,30)/t18-/m0/s1. The highest BCUT2D eigenvalue weighted by atomic mass is 35.5. The number of unbranched alkanes of at least 4 members (excludes halogenated alkanes) is 1. The molecule has 0 saturated heterocycles. The number of hydrogen-bond donors (Lipinski definition) is 1. The van der Waals surface area contributed by atoms with Gasteiger partial charge in [-0.1, -0.05) is 43.5 Å². The van der Waals surface area contributed by atoms with Crippen molar-refractivity contribution in [2.45, 2.75) is 38.4 Å². The van der Waals surface area contributed by atoms with E-state index >= 15 is 0 Å². The molecular formula is C23H20ClF3N2O5. The predicted molar refractivity (Wildman–Crippen MR) is 116 cm³/mol. The number of alkyl halides is 3. The van der Waals surface area contributed by atoms with Gasteiger partial charge >= 0.3 is 12.1 Å². The zero-order chi connectivity index (χ0) is 25.0. The number of imide groups is 1. The number of esters is 1. The molecule has 1 aliphatic rings. The minimum atomic E-state index is -4.64. The van der Waals surface area contributed by atoms with E-state index in [4.69, 9.17) is 16.3 Å². The maximum Gasteiger partial charge on any atom is 0.416 e. The molecule has 180 valence electrons. The first-order valence-electron chi connectivity index (χ1n) is 10.3. The third-order valence-corrected chi connectivity index (χ3v) is 5.48. The van der Waals surface area contributed by atoms with Gasteiger partial charge in [0, 0.05) is 0 Å². The van der Waals surface area contributed by atoms with Crippen LogP contribution >= 0.6 is 11.6 Å². The molecule has 0 spiro atoms. The average Bonchev–Trinajstić information content (AvgIpc) is 3.04. The smallest absolute Gasteiger partial charge is 0.416 e. The summed E-state index contributed by atoms with van der Waals surface area (Å²) in [5.41, 5.74) is -0.993. The lowest BCUT2D eigenvalue weighted by atomic mass is 10.1. The molecule has 2 aromatic carbocycles. The second kappa shape index (κ2) is 10.3. The molecule has 7 nitrogen and oxygen atoms in total.